The topological polar surface area (TPSA) is 94.7 Å². The van der Waals surface area contributed by atoms with Crippen molar-refractivity contribution in [1.82, 2.24) is 10.2 Å². The molecule has 0 atom stereocenters. The number of hydrogen-bond acceptors (Lipinski definition) is 6. The first-order chi connectivity index (χ1) is 10.1. The van der Waals surface area contributed by atoms with E-state index in [1.54, 1.807) is 32.4 Å². The third-order valence-corrected chi connectivity index (χ3v) is 2.89. The Bertz CT molecular complexity index is 624. The highest BCUT2D eigenvalue weighted by molar-refractivity contribution is 5.66. The lowest BCUT2D eigenvalue weighted by Crippen LogP contribution is -1.95. The Morgan fingerprint density at radius 2 is 2.10 bits per heavy atom. The van der Waals surface area contributed by atoms with E-state index in [2.05, 4.69) is 10.2 Å². The fraction of sp³-hybridized carbons (Fsp3) is 0.357. The molecule has 0 saturated heterocycles. The number of ether oxygens (including phenoxy) is 2. The number of methoxy groups -OCH3 is 2. The predicted molar refractivity (Wildman–Crippen MR) is 73.4 cm³/mol. The molecule has 1 heterocycles. The number of hydrogen-bond donors (Lipinski definition) is 1. The molecule has 21 heavy (non-hydrogen) atoms. The third-order valence-electron chi connectivity index (χ3n) is 2.89. The highest BCUT2D eigenvalue weighted by atomic mass is 16.5. The summed E-state index contributed by atoms with van der Waals surface area (Å²) in [4.78, 5) is 10.5. The number of rotatable bonds is 7. The summed E-state index contributed by atoms with van der Waals surface area (Å²) in [6.07, 6.45) is 0.956. The van der Waals surface area contributed by atoms with Crippen LogP contribution in [0.15, 0.2) is 22.6 Å². The van der Waals surface area contributed by atoms with Gasteiger partial charge in [0.1, 0.15) is 11.5 Å². The van der Waals surface area contributed by atoms with Crippen LogP contribution in [0.25, 0.3) is 11.5 Å². The van der Waals surface area contributed by atoms with Gasteiger partial charge in [0.15, 0.2) is 0 Å². The average molecular weight is 292 g/mol. The van der Waals surface area contributed by atoms with Crippen LogP contribution in [0.4, 0.5) is 0 Å². The minimum absolute atomic E-state index is 0.0730. The number of aryl methyl sites for hydroxylation is 1. The molecule has 1 aromatic carbocycles. The standard InChI is InChI=1S/C14H16N2O5/c1-19-9-6-7-10(11(8-9)20-2)14-16-15-12(21-14)4-3-5-13(17)18/h6-8H,3-5H2,1-2H3,(H,17,18). The van der Waals surface area contributed by atoms with Crippen molar-refractivity contribution in [2.45, 2.75) is 19.3 Å². The van der Waals surface area contributed by atoms with Gasteiger partial charge < -0.3 is 19.0 Å². The molecule has 0 saturated carbocycles. The van der Waals surface area contributed by atoms with Gasteiger partial charge in [0, 0.05) is 18.9 Å². The monoisotopic (exact) mass is 292 g/mol. The number of nitrogens with zero attached hydrogens (tertiary/aromatic N) is 2. The molecule has 0 aliphatic carbocycles. The molecule has 0 unspecified atom stereocenters. The van der Waals surface area contributed by atoms with Crippen LogP contribution in [-0.4, -0.2) is 35.5 Å². The highest BCUT2D eigenvalue weighted by Crippen LogP contribution is 2.32. The van der Waals surface area contributed by atoms with Gasteiger partial charge in [-0.05, 0) is 18.6 Å². The zero-order chi connectivity index (χ0) is 15.2. The van der Waals surface area contributed by atoms with Crippen molar-refractivity contribution in [2.75, 3.05) is 14.2 Å². The molecule has 7 heteroatoms. The summed E-state index contributed by atoms with van der Waals surface area (Å²) in [6, 6.07) is 5.27. The Morgan fingerprint density at radius 3 is 2.76 bits per heavy atom. The van der Waals surface area contributed by atoms with E-state index in [9.17, 15) is 4.79 Å². The van der Waals surface area contributed by atoms with Crippen LogP contribution in [0.1, 0.15) is 18.7 Å². The Hall–Kier alpha value is -2.57. The van der Waals surface area contributed by atoms with Gasteiger partial charge in [0.25, 0.3) is 5.89 Å². The molecule has 0 amide bonds. The van der Waals surface area contributed by atoms with Gasteiger partial charge in [-0.2, -0.15) is 0 Å². The van der Waals surface area contributed by atoms with Gasteiger partial charge in [0.05, 0.1) is 19.8 Å². The van der Waals surface area contributed by atoms with E-state index in [-0.39, 0.29) is 6.42 Å². The zero-order valence-electron chi connectivity index (χ0n) is 11.8. The minimum Gasteiger partial charge on any atom is -0.497 e. The second-order valence-electron chi connectivity index (χ2n) is 4.31. The maximum atomic E-state index is 10.5. The number of carboxylic acids is 1. The van der Waals surface area contributed by atoms with Crippen LogP contribution in [0.2, 0.25) is 0 Å². The largest absolute Gasteiger partial charge is 0.497 e. The number of aromatic nitrogens is 2. The lowest BCUT2D eigenvalue weighted by Gasteiger charge is -2.07. The summed E-state index contributed by atoms with van der Waals surface area (Å²) in [5, 5.41) is 16.5. The van der Waals surface area contributed by atoms with Crippen molar-refractivity contribution < 1.29 is 23.8 Å². The molecule has 0 radical (unpaired) electrons. The summed E-state index contributed by atoms with van der Waals surface area (Å²) in [5.41, 5.74) is 0.662. The Morgan fingerprint density at radius 1 is 1.29 bits per heavy atom. The van der Waals surface area contributed by atoms with Crippen LogP contribution >= 0.6 is 0 Å². The predicted octanol–water partition coefficient (Wildman–Crippen LogP) is 2.16. The molecule has 0 spiro atoms. The molecule has 0 bridgehead atoms. The Balaban J connectivity index is 2.15. The second-order valence-corrected chi connectivity index (χ2v) is 4.31. The molecule has 1 aromatic heterocycles. The van der Waals surface area contributed by atoms with Crippen molar-refractivity contribution in [3.8, 4) is 23.0 Å². The zero-order valence-corrected chi connectivity index (χ0v) is 11.8. The third kappa shape index (κ3) is 3.71. The summed E-state index contributed by atoms with van der Waals surface area (Å²) in [6.45, 7) is 0. The minimum atomic E-state index is -0.841. The molecular formula is C14H16N2O5. The first kappa shape index (κ1) is 14.8. The first-order valence-electron chi connectivity index (χ1n) is 6.40. The molecular weight excluding hydrogens is 276 g/mol. The van der Waals surface area contributed by atoms with Gasteiger partial charge in [-0.1, -0.05) is 0 Å². The number of benzene rings is 1. The average Bonchev–Trinajstić information content (AvgIpc) is 2.94. The van der Waals surface area contributed by atoms with Gasteiger partial charge in [-0.25, -0.2) is 0 Å². The maximum Gasteiger partial charge on any atom is 0.303 e. The van der Waals surface area contributed by atoms with E-state index in [1.165, 1.54) is 0 Å². The lowest BCUT2D eigenvalue weighted by molar-refractivity contribution is -0.137. The summed E-state index contributed by atoms with van der Waals surface area (Å²) in [5.74, 6) is 1.13. The summed E-state index contributed by atoms with van der Waals surface area (Å²) in [7, 11) is 3.12. The number of carbonyl (C=O) groups is 1. The molecule has 0 aliphatic heterocycles. The van der Waals surface area contributed by atoms with Crippen molar-refractivity contribution in [2.24, 2.45) is 0 Å². The lowest BCUT2D eigenvalue weighted by atomic mass is 10.2. The molecule has 112 valence electrons. The molecule has 0 fully saturated rings. The fourth-order valence-corrected chi connectivity index (χ4v) is 1.83. The second kappa shape index (κ2) is 6.74. The molecule has 7 nitrogen and oxygen atoms in total. The summed E-state index contributed by atoms with van der Waals surface area (Å²) >= 11 is 0. The first-order valence-corrected chi connectivity index (χ1v) is 6.40. The van der Waals surface area contributed by atoms with Crippen molar-refractivity contribution >= 4 is 5.97 Å². The molecule has 0 aliphatic rings. The normalized spacial score (nSPS) is 10.4. The van der Waals surface area contributed by atoms with Crippen molar-refractivity contribution in [3.05, 3.63) is 24.1 Å². The molecule has 2 aromatic rings. The SMILES string of the molecule is COc1ccc(-c2nnc(CCCC(=O)O)o2)c(OC)c1. The van der Waals surface area contributed by atoms with E-state index in [4.69, 9.17) is 19.0 Å². The fourth-order valence-electron chi connectivity index (χ4n) is 1.83. The van der Waals surface area contributed by atoms with Crippen LogP contribution in [0.3, 0.4) is 0 Å². The van der Waals surface area contributed by atoms with Gasteiger partial charge in [0.2, 0.25) is 5.89 Å². The van der Waals surface area contributed by atoms with E-state index in [0.29, 0.717) is 41.7 Å². The van der Waals surface area contributed by atoms with Crippen molar-refractivity contribution in [3.63, 3.8) is 0 Å². The molecule has 2 rings (SSSR count). The van der Waals surface area contributed by atoms with Gasteiger partial charge >= 0.3 is 5.97 Å². The van der Waals surface area contributed by atoms with Gasteiger partial charge in [-0.3, -0.25) is 4.79 Å². The Kier molecular flexibility index (Phi) is 4.76. The van der Waals surface area contributed by atoms with Crippen LogP contribution < -0.4 is 9.47 Å². The van der Waals surface area contributed by atoms with Crippen LogP contribution in [-0.2, 0) is 11.2 Å². The Labute approximate surface area is 121 Å². The summed E-state index contributed by atoms with van der Waals surface area (Å²) < 4.78 is 15.9. The number of carboxylic acid groups (broad SMARTS) is 1. The van der Waals surface area contributed by atoms with E-state index < -0.39 is 5.97 Å². The quantitative estimate of drug-likeness (QED) is 0.835. The van der Waals surface area contributed by atoms with E-state index >= 15 is 0 Å². The smallest absolute Gasteiger partial charge is 0.303 e. The highest BCUT2D eigenvalue weighted by Gasteiger charge is 2.14. The number of aliphatic carboxylic acids is 1. The van der Waals surface area contributed by atoms with Crippen LogP contribution in [0.5, 0.6) is 11.5 Å². The molecule has 1 N–H and O–H groups in total. The van der Waals surface area contributed by atoms with Crippen molar-refractivity contribution in [1.29, 1.82) is 0 Å². The van der Waals surface area contributed by atoms with Gasteiger partial charge in [-0.15, -0.1) is 10.2 Å². The van der Waals surface area contributed by atoms with E-state index in [1.807, 2.05) is 0 Å². The maximum absolute atomic E-state index is 10.5. The van der Waals surface area contributed by atoms with Crippen LogP contribution in [0, 0.1) is 0 Å². The van der Waals surface area contributed by atoms with E-state index in [0.717, 1.165) is 0 Å².